The molecule has 3 rings (SSSR count). The van der Waals surface area contributed by atoms with Crippen LogP contribution in [0.4, 0.5) is 36.6 Å². The predicted octanol–water partition coefficient (Wildman–Crippen LogP) is 3.02. The number of hydrogen-bond acceptors (Lipinski definition) is 7. The molecule has 3 aromatic rings. The number of ether oxygens (including phenoxy) is 1. The van der Waals surface area contributed by atoms with E-state index in [9.17, 15) is 45.1 Å². The van der Waals surface area contributed by atoms with Gasteiger partial charge in [0.1, 0.15) is 34.9 Å². The molecule has 0 saturated heterocycles. The van der Waals surface area contributed by atoms with Gasteiger partial charge in [0.25, 0.3) is 5.56 Å². The maximum absolute atomic E-state index is 14.8. The van der Waals surface area contributed by atoms with E-state index < -0.39 is 81.4 Å². The zero-order valence-corrected chi connectivity index (χ0v) is 20.2. The van der Waals surface area contributed by atoms with Crippen LogP contribution in [0, 0.1) is 23.3 Å². The molecular weight excluding hydrogens is 575 g/mol. The van der Waals surface area contributed by atoms with Crippen molar-refractivity contribution < 1.29 is 60.1 Å². The highest BCUT2D eigenvalue weighted by Crippen LogP contribution is 2.27. The molecule has 0 bridgehead atoms. The van der Waals surface area contributed by atoms with E-state index >= 15 is 0 Å². The average molecular weight is 593 g/mol. The van der Waals surface area contributed by atoms with Crippen LogP contribution in [0.5, 0.6) is 5.75 Å². The first-order chi connectivity index (χ1) is 18.9. The van der Waals surface area contributed by atoms with Crippen molar-refractivity contribution >= 4 is 23.5 Å². The first-order valence-electron chi connectivity index (χ1n) is 10.9. The summed E-state index contributed by atoms with van der Waals surface area (Å²) in [6, 6.07) is 4.16. The van der Waals surface area contributed by atoms with Gasteiger partial charge in [-0.25, -0.2) is 22.4 Å². The lowest BCUT2D eigenvalue weighted by Crippen LogP contribution is -2.31. The SMILES string of the molecule is Nc1c(C(=O)c2ccc(F)cc2F)ccc(=O)n1-c1c(F)cc(OCC[C@H](N)C(=O)O)cc1F.O=C(O)C(F)(F)F. The molecule has 0 unspecified atom stereocenters. The van der Waals surface area contributed by atoms with Crippen molar-refractivity contribution in [1.82, 2.24) is 4.57 Å². The highest BCUT2D eigenvalue weighted by atomic mass is 19.4. The Morgan fingerprint density at radius 1 is 0.902 bits per heavy atom. The van der Waals surface area contributed by atoms with E-state index in [1.165, 1.54) is 0 Å². The fourth-order valence-electron chi connectivity index (χ4n) is 3.06. The number of hydrogen-bond donors (Lipinski definition) is 4. The molecule has 10 nitrogen and oxygen atoms in total. The smallest absolute Gasteiger partial charge is 0.490 e. The monoisotopic (exact) mass is 593 g/mol. The maximum atomic E-state index is 14.8. The molecule has 0 fully saturated rings. The average Bonchev–Trinajstić information content (AvgIpc) is 2.85. The lowest BCUT2D eigenvalue weighted by Gasteiger charge is -2.16. The van der Waals surface area contributed by atoms with Gasteiger partial charge in [0.2, 0.25) is 0 Å². The minimum Gasteiger partial charge on any atom is -0.493 e. The molecule has 0 saturated carbocycles. The van der Waals surface area contributed by atoms with E-state index in [1.54, 1.807) is 0 Å². The Kier molecular flexibility index (Phi) is 10.2. The molecule has 2 aromatic carbocycles. The standard InChI is InChI=1S/C22H17F4N3O5.C2HF3O2/c23-10-1-2-12(14(24)7-10)20(31)13-3-4-18(30)29(21(13)28)19-15(25)8-11(9-16(19)26)34-6-5-17(27)22(32)33;3-2(4,5)1(6)7/h1-4,7-9,17H,5-6,27-28H2,(H,32,33);(H,6,7)/t17-;/m0./s1. The number of nitrogens with two attached hydrogens (primary N) is 2. The molecule has 0 aliphatic rings. The van der Waals surface area contributed by atoms with Gasteiger partial charge < -0.3 is 26.4 Å². The number of ketones is 1. The molecule has 0 spiro atoms. The van der Waals surface area contributed by atoms with Crippen molar-refractivity contribution in [2.45, 2.75) is 18.6 Å². The first kappa shape index (κ1) is 32.3. The van der Waals surface area contributed by atoms with E-state index in [2.05, 4.69) is 0 Å². The zero-order valence-electron chi connectivity index (χ0n) is 20.2. The number of rotatable bonds is 8. The van der Waals surface area contributed by atoms with Crippen LogP contribution < -0.4 is 21.8 Å². The number of anilines is 1. The largest absolute Gasteiger partial charge is 0.493 e. The van der Waals surface area contributed by atoms with Gasteiger partial charge in [0.15, 0.2) is 17.4 Å². The van der Waals surface area contributed by atoms with E-state index in [0.717, 1.165) is 36.4 Å². The lowest BCUT2D eigenvalue weighted by atomic mass is 10.0. The predicted molar refractivity (Wildman–Crippen MR) is 126 cm³/mol. The fourth-order valence-corrected chi connectivity index (χ4v) is 3.06. The maximum Gasteiger partial charge on any atom is 0.490 e. The third kappa shape index (κ3) is 8.04. The van der Waals surface area contributed by atoms with Gasteiger partial charge in [-0.3, -0.25) is 19.0 Å². The van der Waals surface area contributed by atoms with Crippen LogP contribution >= 0.6 is 0 Å². The Morgan fingerprint density at radius 2 is 1.44 bits per heavy atom. The third-order valence-corrected chi connectivity index (χ3v) is 5.02. The Labute approximate surface area is 224 Å². The van der Waals surface area contributed by atoms with Crippen LogP contribution in [0.15, 0.2) is 47.3 Å². The highest BCUT2D eigenvalue weighted by Gasteiger charge is 2.38. The summed E-state index contributed by atoms with van der Waals surface area (Å²) in [4.78, 5) is 44.7. The number of carbonyl (C=O) groups is 3. The van der Waals surface area contributed by atoms with Crippen LogP contribution in [-0.4, -0.2) is 51.3 Å². The Hall–Kier alpha value is -4.93. The number of pyridine rings is 1. The molecule has 0 aliphatic heterocycles. The molecule has 17 heteroatoms. The topological polar surface area (TPSA) is 175 Å². The summed E-state index contributed by atoms with van der Waals surface area (Å²) >= 11 is 0. The summed E-state index contributed by atoms with van der Waals surface area (Å²) < 4.78 is 94.0. The summed E-state index contributed by atoms with van der Waals surface area (Å²) in [6.45, 7) is -0.263. The van der Waals surface area contributed by atoms with E-state index in [1.807, 2.05) is 0 Å². The van der Waals surface area contributed by atoms with Gasteiger partial charge in [0.05, 0.1) is 17.7 Å². The summed E-state index contributed by atoms with van der Waals surface area (Å²) in [5.74, 6) is -10.8. The van der Waals surface area contributed by atoms with Crippen molar-refractivity contribution in [3.63, 3.8) is 0 Å². The molecular formula is C24H18F7N3O7. The number of benzene rings is 2. The Balaban J connectivity index is 0.000000745. The van der Waals surface area contributed by atoms with Gasteiger partial charge in [0, 0.05) is 30.7 Å². The molecule has 0 aliphatic carbocycles. The second kappa shape index (κ2) is 12.9. The molecule has 1 heterocycles. The molecule has 0 amide bonds. The summed E-state index contributed by atoms with van der Waals surface area (Å²) in [5.41, 5.74) is 8.25. The second-order valence-electron chi connectivity index (χ2n) is 7.88. The number of nitrogen functional groups attached to an aromatic ring is 1. The number of alkyl halides is 3. The summed E-state index contributed by atoms with van der Waals surface area (Å²) in [7, 11) is 0. The van der Waals surface area contributed by atoms with Gasteiger partial charge >= 0.3 is 18.1 Å². The molecule has 41 heavy (non-hydrogen) atoms. The summed E-state index contributed by atoms with van der Waals surface area (Å²) in [5, 5.41) is 15.9. The van der Waals surface area contributed by atoms with Crippen molar-refractivity contribution in [3.8, 4) is 11.4 Å². The number of carboxylic acid groups (broad SMARTS) is 2. The number of halogens is 7. The quantitative estimate of drug-likeness (QED) is 0.226. The van der Waals surface area contributed by atoms with Crippen molar-refractivity contribution in [2.75, 3.05) is 12.3 Å². The van der Waals surface area contributed by atoms with Gasteiger partial charge in [-0.2, -0.15) is 13.2 Å². The van der Waals surface area contributed by atoms with Crippen molar-refractivity contribution in [1.29, 1.82) is 0 Å². The van der Waals surface area contributed by atoms with Crippen LogP contribution in [0.3, 0.4) is 0 Å². The number of nitrogens with zero attached hydrogens (tertiary/aromatic N) is 1. The second-order valence-corrected chi connectivity index (χ2v) is 7.88. The lowest BCUT2D eigenvalue weighted by molar-refractivity contribution is -0.192. The van der Waals surface area contributed by atoms with E-state index in [4.69, 9.17) is 31.2 Å². The molecule has 1 atom stereocenters. The normalized spacial score (nSPS) is 11.7. The van der Waals surface area contributed by atoms with Crippen LogP contribution in [-0.2, 0) is 9.59 Å². The van der Waals surface area contributed by atoms with Crippen LogP contribution in [0.2, 0.25) is 0 Å². The summed E-state index contributed by atoms with van der Waals surface area (Å²) in [6.07, 6.45) is -5.23. The third-order valence-electron chi connectivity index (χ3n) is 5.02. The van der Waals surface area contributed by atoms with E-state index in [0.29, 0.717) is 10.6 Å². The van der Waals surface area contributed by atoms with E-state index in [-0.39, 0.29) is 18.8 Å². The fraction of sp³-hybridized carbons (Fsp3) is 0.167. The van der Waals surface area contributed by atoms with Crippen molar-refractivity contribution in [3.05, 3.63) is 87.2 Å². The molecule has 0 radical (unpaired) electrons. The van der Waals surface area contributed by atoms with Crippen LogP contribution in [0.1, 0.15) is 22.3 Å². The Bertz CT molecular complexity index is 1520. The molecule has 220 valence electrons. The number of carbonyl (C=O) groups excluding carboxylic acids is 1. The minimum absolute atomic E-state index is 0.142. The zero-order chi connectivity index (χ0) is 31.2. The van der Waals surface area contributed by atoms with Crippen molar-refractivity contribution in [2.24, 2.45) is 5.73 Å². The first-order valence-corrected chi connectivity index (χ1v) is 10.9. The minimum atomic E-state index is -5.08. The van der Waals surface area contributed by atoms with Gasteiger partial charge in [-0.1, -0.05) is 0 Å². The number of aromatic nitrogens is 1. The van der Waals surface area contributed by atoms with Gasteiger partial charge in [-0.05, 0) is 18.2 Å². The molecule has 1 aromatic heterocycles. The number of carboxylic acids is 2. The van der Waals surface area contributed by atoms with Gasteiger partial charge in [-0.15, -0.1) is 0 Å². The highest BCUT2D eigenvalue weighted by molar-refractivity contribution is 6.11. The molecule has 6 N–H and O–H groups in total. The van der Waals surface area contributed by atoms with Crippen LogP contribution in [0.25, 0.3) is 5.69 Å². The Morgan fingerprint density at radius 3 is 1.93 bits per heavy atom. The number of aliphatic carboxylic acids is 2.